The van der Waals surface area contributed by atoms with E-state index in [9.17, 15) is 24.6 Å². The van der Waals surface area contributed by atoms with Gasteiger partial charge in [0.15, 0.2) is 0 Å². The number of rotatable bonds is 4. The Hall–Kier alpha value is -2.83. The number of phenols is 1. The number of aromatic hydroxyl groups is 1. The summed E-state index contributed by atoms with van der Waals surface area (Å²) in [5, 5.41) is 19.5. The number of hydrogen-bond donors (Lipinski definition) is 2. The number of nitrogens with zero attached hydrogens (tertiary/aromatic N) is 1. The average molecular weight is 359 g/mol. The lowest BCUT2D eigenvalue weighted by atomic mass is 9.99. The molecule has 1 aliphatic heterocycles. The molecule has 0 unspecified atom stereocenters. The van der Waals surface area contributed by atoms with E-state index in [2.05, 4.69) is 0 Å². The minimum absolute atomic E-state index is 0.00721. The highest BCUT2D eigenvalue weighted by atomic mass is 16.4. The summed E-state index contributed by atoms with van der Waals surface area (Å²) in [6.07, 6.45) is 2.28. The highest BCUT2D eigenvalue weighted by Gasteiger charge is 2.31. The maximum absolute atomic E-state index is 12.5. The second kappa shape index (κ2) is 7.19. The van der Waals surface area contributed by atoms with E-state index in [1.165, 1.54) is 17.0 Å². The van der Waals surface area contributed by atoms with Crippen LogP contribution in [-0.2, 0) is 16.0 Å². The molecule has 0 aliphatic carbocycles. The van der Waals surface area contributed by atoms with Gasteiger partial charge in [-0.15, -0.1) is 0 Å². The fourth-order valence-corrected chi connectivity index (χ4v) is 3.53. The molecule has 1 amide bonds. The van der Waals surface area contributed by atoms with Crippen molar-refractivity contribution in [2.75, 3.05) is 6.54 Å². The third kappa shape index (κ3) is 3.42. The van der Waals surface area contributed by atoms with Crippen molar-refractivity contribution in [3.05, 3.63) is 39.7 Å². The van der Waals surface area contributed by atoms with Gasteiger partial charge in [-0.05, 0) is 50.3 Å². The first kappa shape index (κ1) is 18.0. The van der Waals surface area contributed by atoms with E-state index in [0.717, 1.165) is 12.8 Å². The van der Waals surface area contributed by atoms with Crippen LogP contribution in [0.15, 0.2) is 27.4 Å². The van der Waals surface area contributed by atoms with Crippen LogP contribution in [0.4, 0.5) is 0 Å². The Labute approximate surface area is 149 Å². The molecule has 3 rings (SSSR count). The van der Waals surface area contributed by atoms with Gasteiger partial charge in [0.2, 0.25) is 5.91 Å². The second-order valence-electron chi connectivity index (χ2n) is 6.61. The van der Waals surface area contributed by atoms with Crippen LogP contribution in [0, 0.1) is 6.92 Å². The topological polar surface area (TPSA) is 108 Å². The van der Waals surface area contributed by atoms with Crippen LogP contribution in [-0.4, -0.2) is 39.6 Å². The predicted molar refractivity (Wildman–Crippen MR) is 94.2 cm³/mol. The van der Waals surface area contributed by atoms with Gasteiger partial charge < -0.3 is 19.5 Å². The Kier molecular flexibility index (Phi) is 4.97. The molecule has 138 valence electrons. The Morgan fingerprint density at radius 1 is 1.31 bits per heavy atom. The largest absolute Gasteiger partial charge is 0.508 e. The molecular formula is C19H21NO6. The number of carboxylic acids is 1. The Morgan fingerprint density at radius 2 is 2.08 bits per heavy atom. The number of fused-ring (bicyclic) bond motifs is 1. The number of likely N-dealkylation sites (tertiary alicyclic amines) is 1. The number of carboxylic acid groups (broad SMARTS) is 1. The standard InChI is InChI=1S/C19H21NO6/c1-11-13-6-5-12(21)10-16(13)26-19(25)14(11)7-8-17(22)20-9-3-2-4-15(20)18(23)24/h5-6,10,15,21H,2-4,7-9H2,1H3,(H,23,24)/t15-/m1/s1. The summed E-state index contributed by atoms with van der Waals surface area (Å²) in [6.45, 7) is 2.21. The SMILES string of the molecule is Cc1c(CCC(=O)N2CCCC[C@@H]2C(=O)O)c(=O)oc2cc(O)ccc12. The van der Waals surface area contributed by atoms with Crippen molar-refractivity contribution in [1.82, 2.24) is 4.90 Å². The van der Waals surface area contributed by atoms with Crippen LogP contribution in [0.2, 0.25) is 0 Å². The molecular weight excluding hydrogens is 338 g/mol. The van der Waals surface area contributed by atoms with Crippen molar-refractivity contribution < 1.29 is 24.2 Å². The highest BCUT2D eigenvalue weighted by molar-refractivity contribution is 5.85. The lowest BCUT2D eigenvalue weighted by Gasteiger charge is -2.33. The van der Waals surface area contributed by atoms with E-state index in [-0.39, 0.29) is 24.5 Å². The van der Waals surface area contributed by atoms with Crippen molar-refractivity contribution in [1.29, 1.82) is 0 Å². The van der Waals surface area contributed by atoms with E-state index in [1.54, 1.807) is 13.0 Å². The molecule has 26 heavy (non-hydrogen) atoms. The summed E-state index contributed by atoms with van der Waals surface area (Å²) in [6, 6.07) is 3.77. The maximum Gasteiger partial charge on any atom is 0.339 e. The van der Waals surface area contributed by atoms with Crippen molar-refractivity contribution in [3.63, 3.8) is 0 Å². The fraction of sp³-hybridized carbons (Fsp3) is 0.421. The fourth-order valence-electron chi connectivity index (χ4n) is 3.53. The van der Waals surface area contributed by atoms with Crippen LogP contribution >= 0.6 is 0 Å². The number of hydrogen-bond acceptors (Lipinski definition) is 5. The number of aryl methyl sites for hydroxylation is 1. The van der Waals surface area contributed by atoms with Crippen LogP contribution in [0.3, 0.4) is 0 Å². The summed E-state index contributed by atoms with van der Waals surface area (Å²) in [7, 11) is 0. The molecule has 2 N–H and O–H groups in total. The molecule has 2 aromatic rings. The number of carbonyl (C=O) groups is 2. The number of aliphatic carboxylic acids is 1. The van der Waals surface area contributed by atoms with Crippen molar-refractivity contribution in [2.45, 2.75) is 45.1 Å². The van der Waals surface area contributed by atoms with E-state index in [0.29, 0.717) is 35.1 Å². The number of piperidine rings is 1. The van der Waals surface area contributed by atoms with Crippen molar-refractivity contribution in [3.8, 4) is 5.75 Å². The second-order valence-corrected chi connectivity index (χ2v) is 6.61. The quantitative estimate of drug-likeness (QED) is 0.810. The molecule has 2 heterocycles. The van der Waals surface area contributed by atoms with Gasteiger partial charge >= 0.3 is 11.6 Å². The van der Waals surface area contributed by atoms with Gasteiger partial charge in [0.05, 0.1) is 0 Å². The summed E-state index contributed by atoms with van der Waals surface area (Å²) in [5.41, 5.74) is 0.865. The number of amides is 1. The third-order valence-corrected chi connectivity index (χ3v) is 4.97. The summed E-state index contributed by atoms with van der Waals surface area (Å²) in [5.74, 6) is -1.24. The molecule has 0 spiro atoms. The van der Waals surface area contributed by atoms with Gasteiger partial charge in [0.1, 0.15) is 17.4 Å². The monoisotopic (exact) mass is 359 g/mol. The maximum atomic E-state index is 12.5. The molecule has 0 bridgehead atoms. The minimum atomic E-state index is -0.987. The molecule has 7 nitrogen and oxygen atoms in total. The summed E-state index contributed by atoms with van der Waals surface area (Å²) in [4.78, 5) is 37.5. The lowest BCUT2D eigenvalue weighted by molar-refractivity contribution is -0.152. The van der Waals surface area contributed by atoms with Gasteiger partial charge in [-0.3, -0.25) is 4.79 Å². The van der Waals surface area contributed by atoms with Gasteiger partial charge in [0.25, 0.3) is 0 Å². The average Bonchev–Trinajstić information content (AvgIpc) is 2.60. The normalized spacial score (nSPS) is 17.4. The van der Waals surface area contributed by atoms with E-state index >= 15 is 0 Å². The Balaban J connectivity index is 1.81. The number of benzene rings is 1. The summed E-state index contributed by atoms with van der Waals surface area (Å²) < 4.78 is 5.26. The van der Waals surface area contributed by atoms with Gasteiger partial charge in [0, 0.05) is 30.0 Å². The molecule has 1 fully saturated rings. The zero-order valence-corrected chi connectivity index (χ0v) is 14.5. The van der Waals surface area contributed by atoms with Gasteiger partial charge in [-0.25, -0.2) is 9.59 Å². The van der Waals surface area contributed by atoms with E-state index in [4.69, 9.17) is 4.42 Å². The molecule has 1 aromatic carbocycles. The Morgan fingerprint density at radius 3 is 2.81 bits per heavy atom. The van der Waals surface area contributed by atoms with Crippen LogP contribution in [0.1, 0.15) is 36.8 Å². The first-order chi connectivity index (χ1) is 12.4. The molecule has 1 saturated heterocycles. The molecule has 1 atom stereocenters. The molecule has 1 aliphatic rings. The summed E-state index contributed by atoms with van der Waals surface area (Å²) >= 11 is 0. The lowest BCUT2D eigenvalue weighted by Crippen LogP contribution is -2.48. The minimum Gasteiger partial charge on any atom is -0.508 e. The van der Waals surface area contributed by atoms with E-state index < -0.39 is 17.6 Å². The third-order valence-electron chi connectivity index (χ3n) is 4.97. The molecule has 0 radical (unpaired) electrons. The van der Waals surface area contributed by atoms with E-state index in [1.807, 2.05) is 0 Å². The van der Waals surface area contributed by atoms with Crippen LogP contribution < -0.4 is 5.63 Å². The smallest absolute Gasteiger partial charge is 0.339 e. The Bertz CT molecular complexity index is 916. The predicted octanol–water partition coefficient (Wildman–Crippen LogP) is 2.21. The molecule has 1 aromatic heterocycles. The number of phenolic OH excluding ortho intramolecular Hbond substituents is 1. The highest BCUT2D eigenvalue weighted by Crippen LogP contribution is 2.24. The van der Waals surface area contributed by atoms with Crippen molar-refractivity contribution in [2.24, 2.45) is 0 Å². The van der Waals surface area contributed by atoms with Gasteiger partial charge in [-0.2, -0.15) is 0 Å². The molecule has 7 heteroatoms. The first-order valence-corrected chi connectivity index (χ1v) is 8.66. The van der Waals surface area contributed by atoms with Gasteiger partial charge in [-0.1, -0.05) is 0 Å². The van der Waals surface area contributed by atoms with Crippen molar-refractivity contribution >= 4 is 22.8 Å². The first-order valence-electron chi connectivity index (χ1n) is 8.66. The zero-order valence-electron chi connectivity index (χ0n) is 14.5. The molecule has 0 saturated carbocycles. The number of carbonyl (C=O) groups excluding carboxylic acids is 1. The van der Waals surface area contributed by atoms with Crippen LogP contribution in [0.5, 0.6) is 5.75 Å². The zero-order chi connectivity index (χ0) is 18.8. The van der Waals surface area contributed by atoms with Crippen LogP contribution in [0.25, 0.3) is 11.0 Å².